The van der Waals surface area contributed by atoms with Crippen molar-refractivity contribution in [3.05, 3.63) is 23.3 Å². The molecule has 0 saturated carbocycles. The van der Waals surface area contributed by atoms with Crippen LogP contribution in [0.5, 0.6) is 0 Å². The summed E-state index contributed by atoms with van der Waals surface area (Å²) in [6.45, 7) is 17.3. The molecule has 0 aromatic carbocycles. The van der Waals surface area contributed by atoms with Crippen molar-refractivity contribution >= 4 is 14.3 Å². The number of ether oxygens (including phenoxy) is 1. The zero-order valence-corrected chi connectivity index (χ0v) is 17.9. The van der Waals surface area contributed by atoms with Crippen LogP contribution in [0, 0.1) is 11.8 Å². The average Bonchev–Trinajstić information content (AvgIpc) is 2.40. The molecule has 3 nitrogen and oxygen atoms in total. The molecular weight excluding hydrogens is 316 g/mol. The Kier molecular flexibility index (Phi) is 9.32. The molecule has 0 rings (SSSR count). The monoisotopic (exact) mass is 350 g/mol. The SMILES string of the molecule is COC(=O)/C=C(\C)C#CCCC(C=C(C)C)O[Si](C)(C)C(C)(C)C. The largest absolute Gasteiger partial charge is 0.466 e. The lowest BCUT2D eigenvalue weighted by Gasteiger charge is -2.38. The predicted molar refractivity (Wildman–Crippen MR) is 104 cm³/mol. The Morgan fingerprint density at radius 2 is 1.79 bits per heavy atom. The maximum atomic E-state index is 11.1. The Morgan fingerprint density at radius 1 is 1.21 bits per heavy atom. The van der Waals surface area contributed by atoms with E-state index in [1.54, 1.807) is 0 Å². The summed E-state index contributed by atoms with van der Waals surface area (Å²) >= 11 is 0. The van der Waals surface area contributed by atoms with Gasteiger partial charge in [0.2, 0.25) is 0 Å². The normalized spacial score (nSPS) is 13.6. The predicted octanol–water partition coefficient (Wildman–Crippen LogP) is 5.25. The first-order valence-corrected chi connectivity index (χ1v) is 11.4. The van der Waals surface area contributed by atoms with Crippen molar-refractivity contribution in [3.63, 3.8) is 0 Å². The first kappa shape index (κ1) is 22.7. The smallest absolute Gasteiger partial charge is 0.331 e. The molecule has 0 aromatic heterocycles. The number of methoxy groups -OCH3 is 1. The standard InChI is InChI=1S/C20H34O3Si/c1-16(2)14-18(23-24(8,9)20(4,5)6)13-11-10-12-17(3)15-19(21)22-7/h14-15,18H,11,13H2,1-9H3/b17-15+. The van der Waals surface area contributed by atoms with Crippen LogP contribution in [-0.2, 0) is 14.0 Å². The van der Waals surface area contributed by atoms with E-state index in [9.17, 15) is 4.79 Å². The molecule has 0 fully saturated rings. The van der Waals surface area contributed by atoms with Gasteiger partial charge in [-0.15, -0.1) is 0 Å². The lowest BCUT2D eigenvalue weighted by atomic mass is 10.1. The van der Waals surface area contributed by atoms with Gasteiger partial charge in [0.1, 0.15) is 0 Å². The highest BCUT2D eigenvalue weighted by atomic mass is 28.4. The number of carbonyl (C=O) groups is 1. The summed E-state index contributed by atoms with van der Waals surface area (Å²) in [7, 11) is -0.446. The second-order valence-corrected chi connectivity index (χ2v) is 12.6. The van der Waals surface area contributed by atoms with Gasteiger partial charge in [0.15, 0.2) is 8.32 Å². The van der Waals surface area contributed by atoms with Crippen LogP contribution in [-0.4, -0.2) is 27.5 Å². The van der Waals surface area contributed by atoms with Crippen LogP contribution in [0.4, 0.5) is 0 Å². The zero-order valence-electron chi connectivity index (χ0n) is 16.9. The lowest BCUT2D eigenvalue weighted by Crippen LogP contribution is -2.43. The number of hydrogen-bond donors (Lipinski definition) is 0. The third-order valence-corrected chi connectivity index (χ3v) is 8.65. The lowest BCUT2D eigenvalue weighted by molar-refractivity contribution is -0.134. The van der Waals surface area contributed by atoms with Gasteiger partial charge in [0, 0.05) is 18.1 Å². The summed E-state index contributed by atoms with van der Waals surface area (Å²) in [4.78, 5) is 11.1. The number of hydrogen-bond acceptors (Lipinski definition) is 3. The molecular formula is C20H34O3Si. The quantitative estimate of drug-likeness (QED) is 0.216. The Morgan fingerprint density at radius 3 is 2.25 bits per heavy atom. The summed E-state index contributed by atoms with van der Waals surface area (Å²) in [5.41, 5.74) is 1.97. The van der Waals surface area contributed by atoms with Gasteiger partial charge in [0.25, 0.3) is 0 Å². The minimum absolute atomic E-state index is 0.0927. The Bertz CT molecular complexity index is 535. The van der Waals surface area contributed by atoms with Crippen LogP contribution in [0.1, 0.15) is 54.4 Å². The molecule has 0 amide bonds. The van der Waals surface area contributed by atoms with Crippen LogP contribution in [0.2, 0.25) is 18.1 Å². The third kappa shape index (κ3) is 9.10. The van der Waals surface area contributed by atoms with Crippen LogP contribution in [0.3, 0.4) is 0 Å². The molecule has 0 N–H and O–H groups in total. The molecule has 24 heavy (non-hydrogen) atoms. The van der Waals surface area contributed by atoms with Gasteiger partial charge < -0.3 is 9.16 Å². The van der Waals surface area contributed by atoms with Gasteiger partial charge in [0.05, 0.1) is 13.2 Å². The Labute approximate surface area is 149 Å². The maximum Gasteiger partial charge on any atom is 0.331 e. The molecule has 0 heterocycles. The van der Waals surface area contributed by atoms with Crippen molar-refractivity contribution in [2.24, 2.45) is 0 Å². The van der Waals surface area contributed by atoms with E-state index in [0.717, 1.165) is 12.8 Å². The van der Waals surface area contributed by atoms with Gasteiger partial charge in [-0.25, -0.2) is 4.79 Å². The molecule has 1 unspecified atom stereocenters. The minimum atomic E-state index is -1.81. The van der Waals surface area contributed by atoms with E-state index in [4.69, 9.17) is 4.43 Å². The van der Waals surface area contributed by atoms with Gasteiger partial charge in [-0.3, -0.25) is 0 Å². The third-order valence-electron chi connectivity index (χ3n) is 4.15. The molecule has 0 aliphatic rings. The summed E-state index contributed by atoms with van der Waals surface area (Å²) in [5.74, 6) is 5.75. The highest BCUT2D eigenvalue weighted by Crippen LogP contribution is 2.38. The second kappa shape index (κ2) is 9.86. The molecule has 0 aromatic rings. The van der Waals surface area contributed by atoms with Gasteiger partial charge in [-0.05, 0) is 45.3 Å². The van der Waals surface area contributed by atoms with E-state index in [0.29, 0.717) is 5.57 Å². The highest BCUT2D eigenvalue weighted by Gasteiger charge is 2.38. The van der Waals surface area contributed by atoms with Gasteiger partial charge in [-0.1, -0.05) is 44.3 Å². The van der Waals surface area contributed by atoms with E-state index < -0.39 is 8.32 Å². The second-order valence-electron chi connectivity index (χ2n) is 7.85. The molecule has 0 saturated heterocycles. The molecule has 0 aliphatic heterocycles. The molecule has 0 spiro atoms. The molecule has 0 bridgehead atoms. The zero-order chi connectivity index (χ0) is 19.0. The van der Waals surface area contributed by atoms with Crippen LogP contribution < -0.4 is 0 Å². The van der Waals surface area contributed by atoms with Crippen molar-refractivity contribution in [2.45, 2.75) is 78.6 Å². The van der Waals surface area contributed by atoms with Gasteiger partial charge in [-0.2, -0.15) is 0 Å². The topological polar surface area (TPSA) is 35.5 Å². The Hall–Kier alpha value is -1.31. The van der Waals surface area contributed by atoms with Crippen molar-refractivity contribution in [1.82, 2.24) is 0 Å². The van der Waals surface area contributed by atoms with E-state index in [2.05, 4.69) is 70.4 Å². The molecule has 0 radical (unpaired) electrons. The van der Waals surface area contributed by atoms with E-state index in [1.807, 2.05) is 6.92 Å². The van der Waals surface area contributed by atoms with E-state index in [-0.39, 0.29) is 17.1 Å². The molecule has 4 heteroatoms. The Balaban J connectivity index is 4.89. The van der Waals surface area contributed by atoms with Crippen LogP contribution in [0.25, 0.3) is 0 Å². The fraction of sp³-hybridized carbons (Fsp3) is 0.650. The number of esters is 1. The number of allylic oxidation sites excluding steroid dienone is 2. The van der Waals surface area contributed by atoms with Crippen molar-refractivity contribution in [2.75, 3.05) is 7.11 Å². The average molecular weight is 351 g/mol. The number of carbonyl (C=O) groups excluding carboxylic acids is 1. The van der Waals surface area contributed by atoms with Gasteiger partial charge >= 0.3 is 5.97 Å². The first-order chi connectivity index (χ1) is 10.9. The van der Waals surface area contributed by atoms with Crippen molar-refractivity contribution in [1.29, 1.82) is 0 Å². The summed E-state index contributed by atoms with van der Waals surface area (Å²) < 4.78 is 11.1. The minimum Gasteiger partial charge on any atom is -0.466 e. The number of rotatable bonds is 6. The van der Waals surface area contributed by atoms with Crippen molar-refractivity contribution < 1.29 is 14.0 Å². The molecule has 1 atom stereocenters. The summed E-state index contributed by atoms with van der Waals surface area (Å²) in [6, 6.07) is 0. The summed E-state index contributed by atoms with van der Waals surface area (Å²) in [5, 5.41) is 0.187. The first-order valence-electron chi connectivity index (χ1n) is 8.47. The van der Waals surface area contributed by atoms with Crippen LogP contribution in [0.15, 0.2) is 23.3 Å². The summed E-state index contributed by atoms with van der Waals surface area (Å²) in [6.07, 6.45) is 5.28. The molecule has 136 valence electrons. The highest BCUT2D eigenvalue weighted by molar-refractivity contribution is 6.74. The van der Waals surface area contributed by atoms with Crippen LogP contribution >= 0.6 is 0 Å². The maximum absolute atomic E-state index is 11.1. The fourth-order valence-corrected chi connectivity index (χ4v) is 3.09. The van der Waals surface area contributed by atoms with E-state index in [1.165, 1.54) is 18.8 Å². The fourth-order valence-electron chi connectivity index (χ4n) is 1.79. The molecule has 0 aliphatic carbocycles. The van der Waals surface area contributed by atoms with Crippen molar-refractivity contribution in [3.8, 4) is 11.8 Å². The van der Waals surface area contributed by atoms with E-state index >= 15 is 0 Å².